The number of hydrogen-bond donors (Lipinski definition) is 3. The van der Waals surface area contributed by atoms with Crippen molar-refractivity contribution >= 4 is 29.4 Å². The van der Waals surface area contributed by atoms with Crippen molar-refractivity contribution in [1.29, 1.82) is 0 Å². The second-order valence-electron chi connectivity index (χ2n) is 5.68. The number of aromatic nitrogens is 3. The molecule has 0 spiro atoms. The second-order valence-corrected chi connectivity index (χ2v) is 6.63. The maximum absolute atomic E-state index is 11.9. The van der Waals surface area contributed by atoms with Crippen molar-refractivity contribution in [1.82, 2.24) is 20.6 Å². The first kappa shape index (κ1) is 19.9. The van der Waals surface area contributed by atoms with Gasteiger partial charge in [0.15, 0.2) is 0 Å². The molecule has 0 fully saturated rings. The number of ether oxygens (including phenoxy) is 1. The van der Waals surface area contributed by atoms with Crippen LogP contribution in [0.1, 0.15) is 27.3 Å². The van der Waals surface area contributed by atoms with Crippen LogP contribution in [0.3, 0.4) is 0 Å². The molecule has 1 amide bonds. The van der Waals surface area contributed by atoms with Gasteiger partial charge >= 0.3 is 11.7 Å². The van der Waals surface area contributed by atoms with Crippen LogP contribution in [-0.4, -0.2) is 33.3 Å². The molecule has 1 aromatic carbocycles. The van der Waals surface area contributed by atoms with E-state index in [-0.39, 0.29) is 18.5 Å². The highest BCUT2D eigenvalue weighted by Crippen LogP contribution is 2.16. The quantitative estimate of drug-likeness (QED) is 0.226. The monoisotopic (exact) mass is 413 g/mol. The van der Waals surface area contributed by atoms with E-state index < -0.39 is 23.1 Å². The summed E-state index contributed by atoms with van der Waals surface area (Å²) in [6, 6.07) is 10.0. The third-order valence-electron chi connectivity index (χ3n) is 3.59. The minimum Gasteiger partial charge on any atom is -0.422 e. The SMILES string of the molecule is O=C(CCc1n[nH]c(=O)[nH]c1=O)N/N=C/c1ccc(OC(=O)c2cccs2)cc1. The molecule has 3 aromatic rings. The Kier molecular flexibility index (Phi) is 6.43. The van der Waals surface area contributed by atoms with Crippen molar-refractivity contribution < 1.29 is 14.3 Å². The Morgan fingerprint density at radius 2 is 2.00 bits per heavy atom. The number of nitrogens with one attached hydrogen (secondary N) is 3. The van der Waals surface area contributed by atoms with Gasteiger partial charge in [0.1, 0.15) is 16.3 Å². The predicted molar refractivity (Wildman–Crippen MR) is 105 cm³/mol. The zero-order valence-corrected chi connectivity index (χ0v) is 15.7. The molecule has 0 aliphatic rings. The molecule has 3 rings (SSSR count). The van der Waals surface area contributed by atoms with E-state index in [1.165, 1.54) is 17.6 Å². The summed E-state index contributed by atoms with van der Waals surface area (Å²) in [5, 5.41) is 11.3. The molecule has 2 aromatic heterocycles. The summed E-state index contributed by atoms with van der Waals surface area (Å²) in [5.41, 5.74) is 1.72. The van der Waals surface area contributed by atoms with Gasteiger partial charge in [-0.2, -0.15) is 10.2 Å². The van der Waals surface area contributed by atoms with Crippen LogP contribution < -0.4 is 21.4 Å². The largest absolute Gasteiger partial charge is 0.422 e. The lowest BCUT2D eigenvalue weighted by molar-refractivity contribution is -0.121. The Balaban J connectivity index is 1.47. The Labute approximate surface area is 167 Å². The molecule has 0 aliphatic heterocycles. The number of carbonyl (C=O) groups is 2. The van der Waals surface area contributed by atoms with Crippen molar-refractivity contribution in [3.05, 3.63) is 78.8 Å². The highest BCUT2D eigenvalue weighted by atomic mass is 32.1. The van der Waals surface area contributed by atoms with E-state index in [0.717, 1.165) is 0 Å². The number of carbonyl (C=O) groups excluding carboxylic acids is 2. The molecule has 11 heteroatoms. The maximum Gasteiger partial charge on any atom is 0.353 e. The summed E-state index contributed by atoms with van der Waals surface area (Å²) >= 11 is 1.30. The third kappa shape index (κ3) is 5.81. The first-order valence-electron chi connectivity index (χ1n) is 8.37. The highest BCUT2D eigenvalue weighted by Gasteiger charge is 2.09. The van der Waals surface area contributed by atoms with E-state index in [0.29, 0.717) is 16.2 Å². The van der Waals surface area contributed by atoms with Crippen LogP contribution in [0, 0.1) is 0 Å². The van der Waals surface area contributed by atoms with Gasteiger partial charge in [0.05, 0.1) is 6.21 Å². The van der Waals surface area contributed by atoms with Gasteiger partial charge in [-0.15, -0.1) is 11.3 Å². The van der Waals surface area contributed by atoms with Gasteiger partial charge in [0.2, 0.25) is 5.91 Å². The summed E-state index contributed by atoms with van der Waals surface area (Å²) in [6.07, 6.45) is 1.45. The lowest BCUT2D eigenvalue weighted by Gasteiger charge is -2.03. The number of nitrogens with zero attached hydrogens (tertiary/aromatic N) is 2. The first-order valence-corrected chi connectivity index (χ1v) is 9.25. The Morgan fingerprint density at radius 1 is 1.21 bits per heavy atom. The van der Waals surface area contributed by atoms with Crippen LogP contribution in [0.25, 0.3) is 0 Å². The molecular weight excluding hydrogens is 398 g/mol. The number of rotatable bonds is 7. The molecule has 148 valence electrons. The van der Waals surface area contributed by atoms with Crippen LogP contribution >= 0.6 is 11.3 Å². The highest BCUT2D eigenvalue weighted by molar-refractivity contribution is 7.12. The second kappa shape index (κ2) is 9.37. The van der Waals surface area contributed by atoms with Crippen molar-refractivity contribution in [2.24, 2.45) is 5.10 Å². The maximum atomic E-state index is 11.9. The molecule has 0 bridgehead atoms. The Bertz CT molecular complexity index is 1130. The van der Waals surface area contributed by atoms with Crippen molar-refractivity contribution in [3.8, 4) is 5.75 Å². The third-order valence-corrected chi connectivity index (χ3v) is 4.44. The molecule has 0 atom stereocenters. The van der Waals surface area contributed by atoms with Crippen molar-refractivity contribution in [3.63, 3.8) is 0 Å². The fraction of sp³-hybridized carbons (Fsp3) is 0.111. The number of esters is 1. The van der Waals surface area contributed by atoms with Crippen molar-refractivity contribution in [2.75, 3.05) is 0 Å². The van der Waals surface area contributed by atoms with Gasteiger partial charge in [0.25, 0.3) is 5.56 Å². The molecule has 0 radical (unpaired) electrons. The minimum absolute atomic E-state index is 0.0307. The summed E-state index contributed by atoms with van der Waals surface area (Å²) in [7, 11) is 0. The fourth-order valence-corrected chi connectivity index (χ4v) is 2.78. The summed E-state index contributed by atoms with van der Waals surface area (Å²) in [5.74, 6) is -0.456. The smallest absolute Gasteiger partial charge is 0.353 e. The summed E-state index contributed by atoms with van der Waals surface area (Å²) in [6.45, 7) is 0. The van der Waals surface area contributed by atoms with E-state index in [4.69, 9.17) is 4.74 Å². The van der Waals surface area contributed by atoms with Gasteiger partial charge < -0.3 is 4.74 Å². The molecule has 29 heavy (non-hydrogen) atoms. The van der Waals surface area contributed by atoms with Gasteiger partial charge in [-0.05, 0) is 41.3 Å². The van der Waals surface area contributed by atoms with Gasteiger partial charge in [-0.25, -0.2) is 20.1 Å². The minimum atomic E-state index is -0.708. The van der Waals surface area contributed by atoms with Crippen LogP contribution in [0.4, 0.5) is 0 Å². The van der Waals surface area contributed by atoms with E-state index in [2.05, 4.69) is 20.7 Å². The number of hydrogen-bond acceptors (Lipinski definition) is 8. The number of thiophene rings is 1. The van der Waals surface area contributed by atoms with Crippen LogP contribution in [0.2, 0.25) is 0 Å². The Morgan fingerprint density at radius 3 is 2.69 bits per heavy atom. The Hall–Kier alpha value is -3.86. The number of aryl methyl sites for hydroxylation is 1. The molecule has 2 heterocycles. The lowest BCUT2D eigenvalue weighted by Crippen LogP contribution is -2.28. The molecule has 0 saturated carbocycles. The molecule has 0 saturated heterocycles. The summed E-state index contributed by atoms with van der Waals surface area (Å²) in [4.78, 5) is 48.6. The molecule has 0 aliphatic carbocycles. The zero-order valence-electron chi connectivity index (χ0n) is 14.9. The number of hydrazone groups is 1. The predicted octanol–water partition coefficient (Wildman–Crippen LogP) is 0.822. The van der Waals surface area contributed by atoms with Crippen LogP contribution in [-0.2, 0) is 11.2 Å². The molecule has 10 nitrogen and oxygen atoms in total. The lowest BCUT2D eigenvalue weighted by atomic mass is 10.2. The van der Waals surface area contributed by atoms with E-state index >= 15 is 0 Å². The zero-order chi connectivity index (χ0) is 20.6. The average Bonchev–Trinajstić information content (AvgIpc) is 3.24. The fourth-order valence-electron chi connectivity index (χ4n) is 2.18. The summed E-state index contributed by atoms with van der Waals surface area (Å²) < 4.78 is 5.25. The van der Waals surface area contributed by atoms with Crippen molar-refractivity contribution in [2.45, 2.75) is 12.8 Å². The van der Waals surface area contributed by atoms with E-state index in [1.54, 1.807) is 41.8 Å². The number of amides is 1. The normalized spacial score (nSPS) is 10.8. The molecule has 3 N–H and O–H groups in total. The average molecular weight is 413 g/mol. The van der Waals surface area contributed by atoms with Crippen LogP contribution in [0.5, 0.6) is 5.75 Å². The topological polar surface area (TPSA) is 146 Å². The van der Waals surface area contributed by atoms with Gasteiger partial charge in [0, 0.05) is 12.8 Å². The number of benzene rings is 1. The standard InChI is InChI=1S/C18H15N5O5S/c24-15(8-7-13-16(25)20-18(27)23-21-13)22-19-10-11-3-5-12(6-4-11)28-17(26)14-2-1-9-29-14/h1-6,9-10H,7-8H2,(H,22,24)(H2,20,23,25,27)/b19-10+. The first-order chi connectivity index (χ1) is 14.0. The molecule has 0 unspecified atom stereocenters. The van der Waals surface area contributed by atoms with Gasteiger partial charge in [-0.1, -0.05) is 6.07 Å². The van der Waals surface area contributed by atoms with Crippen LogP contribution in [0.15, 0.2) is 56.5 Å². The van der Waals surface area contributed by atoms with E-state index in [1.807, 2.05) is 4.98 Å². The molecular formula is C18H15N5O5S. The number of H-pyrrole nitrogens is 2. The van der Waals surface area contributed by atoms with Gasteiger partial charge in [-0.3, -0.25) is 14.6 Å². The number of aromatic amines is 2. The van der Waals surface area contributed by atoms with E-state index in [9.17, 15) is 19.2 Å².